The predicted molar refractivity (Wildman–Crippen MR) is 63.0 cm³/mol. The number of hydrogen-bond donors (Lipinski definition) is 2. The van der Waals surface area contributed by atoms with Gasteiger partial charge in [-0.1, -0.05) is 6.42 Å². The third kappa shape index (κ3) is 2.93. The van der Waals surface area contributed by atoms with Crippen LogP contribution in [0.15, 0.2) is 18.3 Å². The highest BCUT2D eigenvalue weighted by Crippen LogP contribution is 2.31. The van der Waals surface area contributed by atoms with Crippen LogP contribution in [0.2, 0.25) is 0 Å². The minimum atomic E-state index is -4.40. The smallest absolute Gasteiger partial charge is 0.382 e. The molecule has 18 heavy (non-hydrogen) atoms. The molecule has 0 radical (unpaired) electrons. The van der Waals surface area contributed by atoms with Crippen LogP contribution in [0, 0.1) is 5.92 Å². The van der Waals surface area contributed by atoms with Gasteiger partial charge in [0.25, 0.3) is 0 Å². The highest BCUT2D eigenvalue weighted by Gasteiger charge is 2.33. The van der Waals surface area contributed by atoms with Crippen molar-refractivity contribution < 1.29 is 13.2 Å². The maximum atomic E-state index is 12.5. The van der Waals surface area contributed by atoms with Crippen molar-refractivity contribution in [3.8, 4) is 0 Å². The summed E-state index contributed by atoms with van der Waals surface area (Å²) in [6, 6.07) is 2.77. The Hall–Kier alpha value is -1.30. The molecule has 0 amide bonds. The Morgan fingerprint density at radius 2 is 2.17 bits per heavy atom. The average Bonchev–Trinajstić information content (AvgIpc) is 2.75. The van der Waals surface area contributed by atoms with Gasteiger partial charge in [0.15, 0.2) is 0 Å². The Labute approximate surface area is 104 Å². The van der Waals surface area contributed by atoms with E-state index in [2.05, 4.69) is 10.3 Å². The number of rotatable bonds is 3. The summed E-state index contributed by atoms with van der Waals surface area (Å²) in [5.74, 6) is 0.340. The summed E-state index contributed by atoms with van der Waals surface area (Å²) >= 11 is 0. The SMILES string of the molecule is NCC1CCCC1Nc1ccnc(C(F)(F)F)c1. The van der Waals surface area contributed by atoms with Gasteiger partial charge < -0.3 is 11.1 Å². The zero-order valence-electron chi connectivity index (χ0n) is 9.87. The number of hydrogen-bond acceptors (Lipinski definition) is 3. The molecule has 1 heterocycles. The first-order valence-corrected chi connectivity index (χ1v) is 6.00. The first-order valence-electron chi connectivity index (χ1n) is 6.00. The number of halogens is 3. The van der Waals surface area contributed by atoms with Crippen molar-refractivity contribution in [2.45, 2.75) is 31.5 Å². The number of nitrogens with two attached hydrogens (primary N) is 1. The number of anilines is 1. The average molecular weight is 259 g/mol. The first-order chi connectivity index (χ1) is 8.50. The molecule has 1 fully saturated rings. The molecule has 3 N–H and O–H groups in total. The summed E-state index contributed by atoms with van der Waals surface area (Å²) in [5.41, 5.74) is 5.24. The molecule has 1 aromatic heterocycles. The van der Waals surface area contributed by atoms with Crippen LogP contribution in [0.4, 0.5) is 18.9 Å². The topological polar surface area (TPSA) is 50.9 Å². The van der Waals surface area contributed by atoms with Crippen LogP contribution < -0.4 is 11.1 Å². The molecule has 6 heteroatoms. The lowest BCUT2D eigenvalue weighted by molar-refractivity contribution is -0.141. The van der Waals surface area contributed by atoms with Gasteiger partial charge in [0.05, 0.1) is 0 Å². The minimum Gasteiger partial charge on any atom is -0.382 e. The van der Waals surface area contributed by atoms with Crippen LogP contribution in [0.1, 0.15) is 25.0 Å². The van der Waals surface area contributed by atoms with Crippen LogP contribution in [0.3, 0.4) is 0 Å². The minimum absolute atomic E-state index is 0.165. The molecule has 1 aliphatic carbocycles. The van der Waals surface area contributed by atoms with Crippen molar-refractivity contribution in [2.24, 2.45) is 11.7 Å². The highest BCUT2D eigenvalue weighted by molar-refractivity contribution is 5.45. The van der Waals surface area contributed by atoms with Gasteiger partial charge >= 0.3 is 6.18 Å². The van der Waals surface area contributed by atoms with Gasteiger partial charge in [-0.25, -0.2) is 0 Å². The molecule has 2 rings (SSSR count). The largest absolute Gasteiger partial charge is 0.433 e. The molecule has 2 atom stereocenters. The molecule has 1 saturated carbocycles. The Morgan fingerprint density at radius 3 is 2.83 bits per heavy atom. The monoisotopic (exact) mass is 259 g/mol. The molecule has 1 aliphatic rings. The van der Waals surface area contributed by atoms with Gasteiger partial charge in [-0.15, -0.1) is 0 Å². The van der Waals surface area contributed by atoms with Gasteiger partial charge in [-0.05, 0) is 37.4 Å². The molecule has 3 nitrogen and oxygen atoms in total. The zero-order valence-corrected chi connectivity index (χ0v) is 9.87. The third-order valence-corrected chi connectivity index (χ3v) is 3.36. The molecule has 100 valence electrons. The van der Waals surface area contributed by atoms with Crippen molar-refractivity contribution >= 4 is 5.69 Å². The van der Waals surface area contributed by atoms with E-state index >= 15 is 0 Å². The van der Waals surface area contributed by atoms with Gasteiger partial charge in [-0.3, -0.25) is 4.98 Å². The standard InChI is InChI=1S/C12H16F3N3/c13-12(14,15)11-6-9(4-5-17-11)18-10-3-1-2-8(10)7-16/h4-6,8,10H,1-3,7,16H2,(H,17,18). The second-order valence-corrected chi connectivity index (χ2v) is 4.61. The molecular formula is C12H16F3N3. The Balaban J connectivity index is 2.10. The molecule has 0 spiro atoms. The normalized spacial score (nSPS) is 24.2. The van der Waals surface area contributed by atoms with E-state index in [9.17, 15) is 13.2 Å². The van der Waals surface area contributed by atoms with Crippen LogP contribution >= 0.6 is 0 Å². The molecule has 0 aliphatic heterocycles. The first kappa shape index (κ1) is 13.1. The van der Waals surface area contributed by atoms with Crippen molar-refractivity contribution in [3.63, 3.8) is 0 Å². The summed E-state index contributed by atoms with van der Waals surface area (Å²) in [4.78, 5) is 3.33. The van der Waals surface area contributed by atoms with Crippen molar-refractivity contribution in [1.82, 2.24) is 4.98 Å². The Kier molecular flexibility index (Phi) is 3.75. The molecule has 0 saturated heterocycles. The lowest BCUT2D eigenvalue weighted by Gasteiger charge is -2.21. The van der Waals surface area contributed by atoms with E-state index in [0.717, 1.165) is 25.3 Å². The summed E-state index contributed by atoms with van der Waals surface area (Å²) in [7, 11) is 0. The summed E-state index contributed by atoms with van der Waals surface area (Å²) < 4.78 is 37.5. The number of pyridine rings is 1. The van der Waals surface area contributed by atoms with Gasteiger partial charge in [0.2, 0.25) is 0 Å². The van der Waals surface area contributed by atoms with E-state index < -0.39 is 11.9 Å². The van der Waals surface area contributed by atoms with Gasteiger partial charge in [-0.2, -0.15) is 13.2 Å². The van der Waals surface area contributed by atoms with Crippen LogP contribution in [-0.2, 0) is 6.18 Å². The Morgan fingerprint density at radius 1 is 1.39 bits per heavy atom. The second kappa shape index (κ2) is 5.14. The van der Waals surface area contributed by atoms with Crippen LogP contribution in [-0.4, -0.2) is 17.6 Å². The summed E-state index contributed by atoms with van der Waals surface area (Å²) in [6.07, 6.45) is -0.175. The van der Waals surface area contributed by atoms with Crippen LogP contribution in [0.25, 0.3) is 0 Å². The van der Waals surface area contributed by atoms with Crippen molar-refractivity contribution in [2.75, 3.05) is 11.9 Å². The number of nitrogens with one attached hydrogen (secondary N) is 1. The highest BCUT2D eigenvalue weighted by atomic mass is 19.4. The van der Waals surface area contributed by atoms with Crippen molar-refractivity contribution in [3.05, 3.63) is 24.0 Å². The molecular weight excluding hydrogens is 243 g/mol. The number of aromatic nitrogens is 1. The van der Waals surface area contributed by atoms with E-state index in [1.54, 1.807) is 6.07 Å². The van der Waals surface area contributed by atoms with E-state index in [4.69, 9.17) is 5.73 Å². The molecule has 2 unspecified atom stereocenters. The molecule has 0 aromatic carbocycles. The fraction of sp³-hybridized carbons (Fsp3) is 0.583. The fourth-order valence-corrected chi connectivity index (χ4v) is 2.40. The lowest BCUT2D eigenvalue weighted by Crippen LogP contribution is -2.29. The summed E-state index contributed by atoms with van der Waals surface area (Å²) in [5, 5.41) is 3.13. The predicted octanol–water partition coefficient (Wildman–Crippen LogP) is 2.64. The zero-order chi connectivity index (χ0) is 13.2. The summed E-state index contributed by atoms with van der Waals surface area (Å²) in [6.45, 7) is 0.564. The maximum absolute atomic E-state index is 12.5. The van der Waals surface area contributed by atoms with E-state index in [-0.39, 0.29) is 6.04 Å². The van der Waals surface area contributed by atoms with E-state index in [1.807, 2.05) is 0 Å². The molecule has 0 bridgehead atoms. The Bertz CT molecular complexity index is 406. The second-order valence-electron chi connectivity index (χ2n) is 4.61. The molecule has 1 aromatic rings. The quantitative estimate of drug-likeness (QED) is 0.877. The van der Waals surface area contributed by atoms with E-state index in [0.29, 0.717) is 18.2 Å². The van der Waals surface area contributed by atoms with Crippen molar-refractivity contribution in [1.29, 1.82) is 0 Å². The van der Waals surface area contributed by atoms with Crippen LogP contribution in [0.5, 0.6) is 0 Å². The number of nitrogens with zero attached hydrogens (tertiary/aromatic N) is 1. The van der Waals surface area contributed by atoms with E-state index in [1.165, 1.54) is 6.20 Å². The third-order valence-electron chi connectivity index (χ3n) is 3.36. The lowest BCUT2D eigenvalue weighted by atomic mass is 10.0. The van der Waals surface area contributed by atoms with Gasteiger partial charge in [0.1, 0.15) is 5.69 Å². The number of alkyl halides is 3. The fourth-order valence-electron chi connectivity index (χ4n) is 2.40. The maximum Gasteiger partial charge on any atom is 0.433 e. The van der Waals surface area contributed by atoms with Gasteiger partial charge in [0, 0.05) is 17.9 Å².